The Balaban J connectivity index is 2.63. The Labute approximate surface area is 96.9 Å². The van der Waals surface area contributed by atoms with E-state index in [0.29, 0.717) is 11.8 Å². The molecule has 0 saturated carbocycles. The zero-order valence-electron chi connectivity index (χ0n) is 10.4. The van der Waals surface area contributed by atoms with E-state index in [1.807, 2.05) is 13.1 Å². The molecule has 0 amide bonds. The smallest absolute Gasteiger partial charge is 0.223 e. The highest BCUT2D eigenvalue weighted by atomic mass is 15.1. The molecule has 0 spiro atoms. The molecule has 5 heteroatoms. The molecule has 1 aromatic rings. The number of hydrogen-bond acceptors (Lipinski definition) is 5. The first-order valence-electron chi connectivity index (χ1n) is 5.59. The predicted octanol–water partition coefficient (Wildman–Crippen LogP) is 1.80. The molecular formula is C11H21N5. The largest absolute Gasteiger partial charge is 0.373 e. The molecule has 0 bridgehead atoms. The van der Waals surface area contributed by atoms with Gasteiger partial charge in [-0.25, -0.2) is 0 Å². The first-order valence-corrected chi connectivity index (χ1v) is 5.59. The molecule has 0 fully saturated rings. The third-order valence-corrected chi connectivity index (χ3v) is 2.74. The predicted molar refractivity (Wildman–Crippen MR) is 68.5 cm³/mol. The standard InChI is InChI=1S/C11H21N5/c1-7(2)8(3)6-14-10-5-9(13-4)15-11(12)16-10/h5,7-8H,6H2,1-4H3,(H4,12,13,14,15,16). The molecule has 0 aliphatic heterocycles. The quantitative estimate of drug-likeness (QED) is 0.709. The lowest BCUT2D eigenvalue weighted by atomic mass is 9.98. The van der Waals surface area contributed by atoms with Crippen LogP contribution in [0.5, 0.6) is 0 Å². The number of aromatic nitrogens is 2. The minimum atomic E-state index is 0.284. The number of nitrogens with two attached hydrogens (primary N) is 1. The van der Waals surface area contributed by atoms with Crippen LogP contribution in [0.25, 0.3) is 0 Å². The molecule has 0 saturated heterocycles. The average molecular weight is 223 g/mol. The van der Waals surface area contributed by atoms with Gasteiger partial charge in [-0.3, -0.25) is 0 Å². The van der Waals surface area contributed by atoms with Crippen molar-refractivity contribution in [2.75, 3.05) is 30.0 Å². The second-order valence-electron chi connectivity index (χ2n) is 4.35. The normalized spacial score (nSPS) is 12.6. The Bertz CT molecular complexity index is 337. The van der Waals surface area contributed by atoms with Crippen molar-refractivity contribution in [3.05, 3.63) is 6.07 Å². The van der Waals surface area contributed by atoms with Crippen LogP contribution in [-0.4, -0.2) is 23.6 Å². The summed E-state index contributed by atoms with van der Waals surface area (Å²) in [5.41, 5.74) is 5.60. The molecule has 0 aliphatic rings. The van der Waals surface area contributed by atoms with Gasteiger partial charge in [0.15, 0.2) is 0 Å². The summed E-state index contributed by atoms with van der Waals surface area (Å²) in [5, 5.41) is 6.22. The maximum Gasteiger partial charge on any atom is 0.223 e. The minimum Gasteiger partial charge on any atom is -0.373 e. The van der Waals surface area contributed by atoms with Crippen molar-refractivity contribution in [3.63, 3.8) is 0 Å². The summed E-state index contributed by atoms with van der Waals surface area (Å²) in [6.45, 7) is 7.51. The molecule has 1 unspecified atom stereocenters. The van der Waals surface area contributed by atoms with Crippen molar-refractivity contribution >= 4 is 17.6 Å². The monoisotopic (exact) mass is 223 g/mol. The van der Waals surface area contributed by atoms with Gasteiger partial charge in [0.1, 0.15) is 11.6 Å². The van der Waals surface area contributed by atoms with Crippen LogP contribution in [0.15, 0.2) is 6.07 Å². The Kier molecular flexibility index (Phi) is 4.34. The zero-order chi connectivity index (χ0) is 12.1. The first kappa shape index (κ1) is 12.5. The van der Waals surface area contributed by atoms with Crippen molar-refractivity contribution in [3.8, 4) is 0 Å². The fourth-order valence-electron chi connectivity index (χ4n) is 1.19. The molecule has 1 atom stereocenters. The fraction of sp³-hybridized carbons (Fsp3) is 0.636. The van der Waals surface area contributed by atoms with E-state index in [4.69, 9.17) is 5.73 Å². The van der Waals surface area contributed by atoms with Gasteiger partial charge in [0.2, 0.25) is 5.95 Å². The summed E-state index contributed by atoms with van der Waals surface area (Å²) in [5.74, 6) is 3.02. The van der Waals surface area contributed by atoms with Crippen LogP contribution in [0.3, 0.4) is 0 Å². The van der Waals surface area contributed by atoms with E-state index >= 15 is 0 Å². The highest BCUT2D eigenvalue weighted by Gasteiger charge is 2.07. The number of nitrogen functional groups attached to an aromatic ring is 1. The third kappa shape index (κ3) is 3.56. The molecule has 1 heterocycles. The van der Waals surface area contributed by atoms with Gasteiger partial charge in [-0.2, -0.15) is 9.97 Å². The molecule has 16 heavy (non-hydrogen) atoms. The number of nitrogens with one attached hydrogen (secondary N) is 2. The first-order chi connectivity index (χ1) is 7.52. The van der Waals surface area contributed by atoms with Crippen LogP contribution in [-0.2, 0) is 0 Å². The van der Waals surface area contributed by atoms with Crippen molar-refractivity contribution in [2.45, 2.75) is 20.8 Å². The summed E-state index contributed by atoms with van der Waals surface area (Å²) >= 11 is 0. The summed E-state index contributed by atoms with van der Waals surface area (Å²) < 4.78 is 0. The van der Waals surface area contributed by atoms with Crippen LogP contribution < -0.4 is 16.4 Å². The highest BCUT2D eigenvalue weighted by molar-refractivity contribution is 5.50. The minimum absolute atomic E-state index is 0.284. The fourth-order valence-corrected chi connectivity index (χ4v) is 1.19. The van der Waals surface area contributed by atoms with Gasteiger partial charge < -0.3 is 16.4 Å². The second-order valence-corrected chi connectivity index (χ2v) is 4.35. The second kappa shape index (κ2) is 5.53. The molecule has 90 valence electrons. The van der Waals surface area contributed by atoms with Crippen LogP contribution in [0.4, 0.5) is 17.6 Å². The van der Waals surface area contributed by atoms with Gasteiger partial charge in [0, 0.05) is 19.7 Å². The van der Waals surface area contributed by atoms with Gasteiger partial charge in [-0.1, -0.05) is 20.8 Å². The summed E-state index contributed by atoms with van der Waals surface area (Å²) in [4.78, 5) is 8.16. The van der Waals surface area contributed by atoms with Gasteiger partial charge in [0.25, 0.3) is 0 Å². The van der Waals surface area contributed by atoms with Gasteiger partial charge in [-0.15, -0.1) is 0 Å². The van der Waals surface area contributed by atoms with Crippen LogP contribution >= 0.6 is 0 Å². The summed E-state index contributed by atoms with van der Waals surface area (Å²) in [6.07, 6.45) is 0. The molecule has 1 aromatic heterocycles. The van der Waals surface area contributed by atoms with Gasteiger partial charge in [0.05, 0.1) is 0 Å². The number of nitrogens with zero attached hydrogens (tertiary/aromatic N) is 2. The molecule has 0 aromatic carbocycles. The van der Waals surface area contributed by atoms with Crippen molar-refractivity contribution < 1.29 is 0 Å². The van der Waals surface area contributed by atoms with E-state index in [9.17, 15) is 0 Å². The lowest BCUT2D eigenvalue weighted by Gasteiger charge is -2.16. The molecular weight excluding hydrogens is 202 g/mol. The average Bonchev–Trinajstić information content (AvgIpc) is 2.24. The number of rotatable bonds is 5. The van der Waals surface area contributed by atoms with E-state index in [1.54, 1.807) is 0 Å². The highest BCUT2D eigenvalue weighted by Crippen LogP contribution is 2.14. The maximum absolute atomic E-state index is 5.60. The molecule has 0 aliphatic carbocycles. The molecule has 1 rings (SSSR count). The summed E-state index contributed by atoms with van der Waals surface area (Å²) in [6, 6.07) is 1.85. The van der Waals surface area contributed by atoms with Gasteiger partial charge >= 0.3 is 0 Å². The Morgan fingerprint density at radius 2 is 1.88 bits per heavy atom. The number of anilines is 3. The lowest BCUT2D eigenvalue weighted by molar-refractivity contribution is 0.439. The van der Waals surface area contributed by atoms with E-state index in [2.05, 4.69) is 41.4 Å². The maximum atomic E-state index is 5.60. The molecule has 0 radical (unpaired) electrons. The van der Waals surface area contributed by atoms with Gasteiger partial charge in [-0.05, 0) is 11.8 Å². The van der Waals surface area contributed by atoms with Crippen molar-refractivity contribution in [2.24, 2.45) is 11.8 Å². The van der Waals surface area contributed by atoms with Crippen LogP contribution in [0, 0.1) is 11.8 Å². The van der Waals surface area contributed by atoms with Crippen LogP contribution in [0.1, 0.15) is 20.8 Å². The topological polar surface area (TPSA) is 75.9 Å². The Morgan fingerprint density at radius 1 is 1.25 bits per heavy atom. The van der Waals surface area contributed by atoms with E-state index in [1.165, 1.54) is 0 Å². The van der Waals surface area contributed by atoms with Crippen molar-refractivity contribution in [1.82, 2.24) is 9.97 Å². The summed E-state index contributed by atoms with van der Waals surface area (Å²) in [7, 11) is 1.81. The van der Waals surface area contributed by atoms with Crippen molar-refractivity contribution in [1.29, 1.82) is 0 Å². The Hall–Kier alpha value is -1.52. The van der Waals surface area contributed by atoms with E-state index in [0.717, 1.165) is 18.2 Å². The zero-order valence-corrected chi connectivity index (χ0v) is 10.4. The van der Waals surface area contributed by atoms with E-state index < -0.39 is 0 Å². The van der Waals surface area contributed by atoms with E-state index in [-0.39, 0.29) is 5.95 Å². The van der Waals surface area contributed by atoms with Crippen LogP contribution in [0.2, 0.25) is 0 Å². The Morgan fingerprint density at radius 3 is 2.44 bits per heavy atom. The third-order valence-electron chi connectivity index (χ3n) is 2.74. The number of hydrogen-bond donors (Lipinski definition) is 3. The SMILES string of the molecule is CNc1cc(NCC(C)C(C)C)nc(N)n1. The molecule has 5 nitrogen and oxygen atoms in total. The lowest BCUT2D eigenvalue weighted by Crippen LogP contribution is -2.17. The molecule has 4 N–H and O–H groups in total.